The number of carbonyl (C=O) groups is 1. The van der Waals surface area contributed by atoms with E-state index in [1.807, 2.05) is 11.0 Å². The van der Waals surface area contributed by atoms with Gasteiger partial charge in [-0.25, -0.2) is 4.39 Å². The van der Waals surface area contributed by atoms with Gasteiger partial charge < -0.3 is 5.73 Å². The Kier molecular flexibility index (Phi) is 4.13. The Hall–Kier alpha value is -1.93. The monoisotopic (exact) mass is 261 g/mol. The van der Waals surface area contributed by atoms with E-state index in [1.165, 1.54) is 18.2 Å². The Morgan fingerprint density at radius 3 is 3.00 bits per heavy atom. The highest BCUT2D eigenvalue weighted by atomic mass is 19.1. The lowest BCUT2D eigenvalue weighted by atomic mass is 10.00. The zero-order valence-corrected chi connectivity index (χ0v) is 10.6. The van der Waals surface area contributed by atoms with Crippen LogP contribution in [0.3, 0.4) is 0 Å². The Balaban J connectivity index is 2.19. The van der Waals surface area contributed by atoms with E-state index in [2.05, 4.69) is 0 Å². The van der Waals surface area contributed by atoms with E-state index in [-0.39, 0.29) is 17.8 Å². The summed E-state index contributed by atoms with van der Waals surface area (Å²) in [4.78, 5) is 13.3. The molecule has 4 nitrogen and oxygen atoms in total. The first kappa shape index (κ1) is 13.5. The fourth-order valence-corrected chi connectivity index (χ4v) is 2.49. The molecule has 0 unspecified atom stereocenters. The molecule has 0 aliphatic carbocycles. The van der Waals surface area contributed by atoms with Crippen LogP contribution in [0.4, 0.5) is 4.39 Å². The number of likely N-dealkylation sites (tertiary alicyclic amines) is 1. The van der Waals surface area contributed by atoms with Crippen molar-refractivity contribution < 1.29 is 9.18 Å². The van der Waals surface area contributed by atoms with Crippen molar-refractivity contribution in [3.05, 3.63) is 35.1 Å². The zero-order chi connectivity index (χ0) is 13.8. The van der Waals surface area contributed by atoms with E-state index in [0.29, 0.717) is 17.7 Å². The fraction of sp³-hybridized carbons (Fsp3) is 0.429. The minimum atomic E-state index is -0.364. The van der Waals surface area contributed by atoms with Crippen molar-refractivity contribution in [2.75, 3.05) is 6.54 Å². The third kappa shape index (κ3) is 3.09. The van der Waals surface area contributed by atoms with Gasteiger partial charge in [-0.1, -0.05) is 6.42 Å². The summed E-state index contributed by atoms with van der Waals surface area (Å²) in [5, 5.41) is 8.84. The van der Waals surface area contributed by atoms with Crippen LogP contribution in [0.15, 0.2) is 18.2 Å². The summed E-state index contributed by atoms with van der Waals surface area (Å²) >= 11 is 0. The number of benzene rings is 1. The van der Waals surface area contributed by atoms with E-state index in [9.17, 15) is 9.18 Å². The number of rotatable bonds is 3. The van der Waals surface area contributed by atoms with Gasteiger partial charge in [-0.3, -0.25) is 9.69 Å². The quantitative estimate of drug-likeness (QED) is 0.897. The molecule has 1 saturated heterocycles. The lowest BCUT2D eigenvalue weighted by molar-refractivity contribution is -0.124. The molecule has 0 radical (unpaired) electrons. The van der Waals surface area contributed by atoms with E-state index >= 15 is 0 Å². The molecule has 1 heterocycles. The molecule has 19 heavy (non-hydrogen) atoms. The number of nitrogens with zero attached hydrogens (tertiary/aromatic N) is 2. The summed E-state index contributed by atoms with van der Waals surface area (Å²) in [5.74, 6) is -0.718. The van der Waals surface area contributed by atoms with Crippen LogP contribution in [0.25, 0.3) is 0 Å². The zero-order valence-electron chi connectivity index (χ0n) is 10.6. The molecule has 100 valence electrons. The first-order chi connectivity index (χ1) is 9.11. The molecular weight excluding hydrogens is 245 g/mol. The molecule has 0 spiro atoms. The van der Waals surface area contributed by atoms with Crippen LogP contribution in [0.2, 0.25) is 0 Å². The number of hydrogen-bond donors (Lipinski definition) is 1. The maximum Gasteiger partial charge on any atom is 0.234 e. The maximum atomic E-state index is 13.7. The molecule has 1 aromatic rings. The summed E-state index contributed by atoms with van der Waals surface area (Å²) in [7, 11) is 0. The van der Waals surface area contributed by atoms with E-state index in [4.69, 9.17) is 11.0 Å². The Morgan fingerprint density at radius 1 is 1.53 bits per heavy atom. The van der Waals surface area contributed by atoms with Crippen molar-refractivity contribution in [2.24, 2.45) is 5.73 Å². The van der Waals surface area contributed by atoms with Crippen LogP contribution in [-0.2, 0) is 11.3 Å². The molecule has 1 atom stereocenters. The molecule has 2 N–H and O–H groups in total. The highest BCUT2D eigenvalue weighted by Crippen LogP contribution is 2.21. The van der Waals surface area contributed by atoms with Crippen LogP contribution in [0, 0.1) is 17.1 Å². The van der Waals surface area contributed by atoms with Crippen LogP contribution in [-0.4, -0.2) is 23.4 Å². The summed E-state index contributed by atoms with van der Waals surface area (Å²) < 4.78 is 13.7. The van der Waals surface area contributed by atoms with Gasteiger partial charge in [0.05, 0.1) is 17.7 Å². The highest BCUT2D eigenvalue weighted by molar-refractivity contribution is 5.79. The number of halogens is 1. The number of amides is 1. The van der Waals surface area contributed by atoms with Gasteiger partial charge in [0.15, 0.2) is 0 Å². The maximum absolute atomic E-state index is 13.7. The molecule has 2 rings (SSSR count). The van der Waals surface area contributed by atoms with Gasteiger partial charge in [0, 0.05) is 12.1 Å². The third-order valence-corrected chi connectivity index (χ3v) is 3.49. The minimum Gasteiger partial charge on any atom is -0.368 e. The highest BCUT2D eigenvalue weighted by Gasteiger charge is 2.27. The summed E-state index contributed by atoms with van der Waals surface area (Å²) in [6.07, 6.45) is 2.66. The molecule has 5 heteroatoms. The van der Waals surface area contributed by atoms with Gasteiger partial charge in [0.25, 0.3) is 0 Å². The second-order valence-electron chi connectivity index (χ2n) is 4.80. The third-order valence-electron chi connectivity index (χ3n) is 3.49. The first-order valence-corrected chi connectivity index (χ1v) is 6.33. The molecule has 1 fully saturated rings. The molecule has 1 aliphatic heterocycles. The molecule has 1 aliphatic rings. The summed E-state index contributed by atoms with van der Waals surface area (Å²) in [5.41, 5.74) is 6.24. The standard InChI is InChI=1S/C14H16FN3O/c15-12-5-4-10(8-16)7-11(12)9-18-6-2-1-3-13(18)14(17)19/h4-5,7,13H,1-3,6,9H2,(H2,17,19)/t13-/m0/s1. The average molecular weight is 261 g/mol. The predicted octanol–water partition coefficient (Wildman–Crippen LogP) is 1.54. The van der Waals surface area contributed by atoms with Gasteiger partial charge in [-0.15, -0.1) is 0 Å². The van der Waals surface area contributed by atoms with Crippen molar-refractivity contribution >= 4 is 5.91 Å². The second kappa shape index (κ2) is 5.81. The molecular formula is C14H16FN3O. The van der Waals surface area contributed by atoms with Crippen LogP contribution < -0.4 is 5.73 Å². The number of piperidine rings is 1. The van der Waals surface area contributed by atoms with Gasteiger partial charge in [0.1, 0.15) is 5.82 Å². The van der Waals surface area contributed by atoms with E-state index in [1.54, 1.807) is 0 Å². The second-order valence-corrected chi connectivity index (χ2v) is 4.80. The van der Waals surface area contributed by atoms with Crippen LogP contribution in [0.5, 0.6) is 0 Å². The Bertz CT molecular complexity index is 524. The molecule has 1 aromatic carbocycles. The van der Waals surface area contributed by atoms with Gasteiger partial charge >= 0.3 is 0 Å². The van der Waals surface area contributed by atoms with Crippen molar-refractivity contribution in [1.29, 1.82) is 5.26 Å². The topological polar surface area (TPSA) is 70.1 Å². The SMILES string of the molecule is N#Cc1ccc(F)c(CN2CCCC[C@H]2C(N)=O)c1. The smallest absolute Gasteiger partial charge is 0.234 e. The summed E-state index contributed by atoms with van der Waals surface area (Å²) in [6, 6.07) is 5.92. The fourth-order valence-electron chi connectivity index (χ4n) is 2.49. The molecule has 0 bridgehead atoms. The van der Waals surface area contributed by atoms with E-state index < -0.39 is 0 Å². The molecule has 0 saturated carbocycles. The van der Waals surface area contributed by atoms with Gasteiger partial charge in [-0.05, 0) is 37.6 Å². The van der Waals surface area contributed by atoms with Crippen LogP contribution in [0.1, 0.15) is 30.4 Å². The van der Waals surface area contributed by atoms with Crippen LogP contribution >= 0.6 is 0 Å². The Morgan fingerprint density at radius 2 is 2.32 bits per heavy atom. The number of carbonyl (C=O) groups excluding carboxylic acids is 1. The van der Waals surface area contributed by atoms with Crippen molar-refractivity contribution in [1.82, 2.24) is 4.90 Å². The molecule has 1 amide bonds. The van der Waals surface area contributed by atoms with Crippen molar-refractivity contribution in [3.8, 4) is 6.07 Å². The minimum absolute atomic E-state index is 0.314. The lowest BCUT2D eigenvalue weighted by Gasteiger charge is -2.33. The number of primary amides is 1. The van der Waals surface area contributed by atoms with Gasteiger partial charge in [-0.2, -0.15) is 5.26 Å². The number of hydrogen-bond acceptors (Lipinski definition) is 3. The molecule has 0 aromatic heterocycles. The number of nitriles is 1. The predicted molar refractivity (Wildman–Crippen MR) is 68.4 cm³/mol. The average Bonchev–Trinajstić information content (AvgIpc) is 2.41. The Labute approximate surface area is 111 Å². The van der Waals surface area contributed by atoms with Gasteiger partial charge in [0.2, 0.25) is 5.91 Å². The van der Waals surface area contributed by atoms with Crippen molar-refractivity contribution in [2.45, 2.75) is 31.8 Å². The van der Waals surface area contributed by atoms with Crippen molar-refractivity contribution in [3.63, 3.8) is 0 Å². The lowest BCUT2D eigenvalue weighted by Crippen LogP contribution is -2.47. The normalized spacial score (nSPS) is 19.9. The summed E-state index contributed by atoms with van der Waals surface area (Å²) in [6.45, 7) is 1.04. The van der Waals surface area contributed by atoms with E-state index in [0.717, 1.165) is 25.8 Å². The number of nitrogens with two attached hydrogens (primary N) is 1. The largest absolute Gasteiger partial charge is 0.368 e. The first-order valence-electron chi connectivity index (χ1n) is 6.33.